The fourth-order valence-electron chi connectivity index (χ4n) is 2.63. The number of aromatic nitrogens is 1. The summed E-state index contributed by atoms with van der Waals surface area (Å²) in [6.07, 6.45) is 10.6. The maximum atomic E-state index is 6.34. The van der Waals surface area contributed by atoms with Crippen LogP contribution in [0.15, 0.2) is 23.3 Å². The van der Waals surface area contributed by atoms with E-state index >= 15 is 0 Å². The summed E-state index contributed by atoms with van der Waals surface area (Å²) in [5.41, 5.74) is 4.82. The van der Waals surface area contributed by atoms with Crippen LogP contribution in [0.3, 0.4) is 0 Å². The number of nitrogens with zero attached hydrogens (tertiary/aromatic N) is 2. The number of thiazole rings is 1. The molecule has 1 aromatic heterocycles. The minimum atomic E-state index is 0.629. The summed E-state index contributed by atoms with van der Waals surface area (Å²) in [6, 6.07) is 5.71. The van der Waals surface area contributed by atoms with Crippen LogP contribution in [0, 0.1) is 13.8 Å². The Hall–Kier alpha value is -1.59. The lowest BCUT2D eigenvalue weighted by Crippen LogP contribution is -1.98. The quantitative estimate of drug-likeness (QED) is 0.234. The molecule has 2 rings (SSSR count). The first-order valence-electron chi connectivity index (χ1n) is 9.75. The Balaban J connectivity index is 1.72. The van der Waals surface area contributed by atoms with Crippen molar-refractivity contribution >= 4 is 34.3 Å². The van der Waals surface area contributed by atoms with Gasteiger partial charge in [-0.3, -0.25) is 5.43 Å². The van der Waals surface area contributed by atoms with Crippen LogP contribution in [-0.4, -0.2) is 17.8 Å². The topological polar surface area (TPSA) is 46.5 Å². The van der Waals surface area contributed by atoms with Gasteiger partial charge < -0.3 is 4.74 Å². The molecule has 0 saturated heterocycles. The second-order valence-corrected chi connectivity index (χ2v) is 8.29. The number of unbranched alkanes of at least 4 members (excludes halogenated alkanes) is 6. The average Bonchev–Trinajstić information content (AvgIpc) is 2.97. The summed E-state index contributed by atoms with van der Waals surface area (Å²) in [7, 11) is 0. The van der Waals surface area contributed by atoms with Crippen molar-refractivity contribution in [2.45, 2.75) is 65.7 Å². The van der Waals surface area contributed by atoms with Crippen molar-refractivity contribution in [1.29, 1.82) is 0 Å². The first-order valence-corrected chi connectivity index (χ1v) is 10.9. The van der Waals surface area contributed by atoms with Crippen LogP contribution in [0.25, 0.3) is 0 Å². The van der Waals surface area contributed by atoms with Crippen molar-refractivity contribution < 1.29 is 4.74 Å². The Labute approximate surface area is 172 Å². The Morgan fingerprint density at radius 1 is 1.15 bits per heavy atom. The molecule has 148 valence electrons. The lowest BCUT2D eigenvalue weighted by Gasteiger charge is -2.07. The van der Waals surface area contributed by atoms with Crippen molar-refractivity contribution in [3.05, 3.63) is 39.4 Å². The van der Waals surface area contributed by atoms with Gasteiger partial charge in [0.05, 0.1) is 23.5 Å². The molecule has 0 saturated carbocycles. The van der Waals surface area contributed by atoms with Crippen LogP contribution in [0.4, 0.5) is 5.13 Å². The number of rotatable bonds is 12. The van der Waals surface area contributed by atoms with Gasteiger partial charge in [-0.2, -0.15) is 5.10 Å². The maximum Gasteiger partial charge on any atom is 0.203 e. The fraction of sp³-hybridized carbons (Fsp3) is 0.524. The predicted molar refractivity (Wildman–Crippen MR) is 118 cm³/mol. The monoisotopic (exact) mass is 407 g/mol. The van der Waals surface area contributed by atoms with E-state index in [2.05, 4.69) is 22.4 Å². The van der Waals surface area contributed by atoms with Crippen molar-refractivity contribution in [1.82, 2.24) is 4.98 Å². The summed E-state index contributed by atoms with van der Waals surface area (Å²) in [5, 5.41) is 5.63. The standard InChI is InChI=1S/C21H30ClN3OS/c1-4-5-6-7-8-9-10-13-26-19-12-11-18(20(22)14-19)15-23-25-21-24-16(2)17(3)27-21/h11-12,14-15H,4-10,13H2,1-3H3,(H,24,25)/b23-15-. The number of hydrogen-bond acceptors (Lipinski definition) is 5. The van der Waals surface area contributed by atoms with E-state index in [1.165, 1.54) is 43.4 Å². The van der Waals surface area contributed by atoms with Crippen LogP contribution < -0.4 is 10.2 Å². The van der Waals surface area contributed by atoms with E-state index in [9.17, 15) is 0 Å². The SMILES string of the molecule is CCCCCCCCCOc1ccc(/C=N\Nc2nc(C)c(C)s2)c(Cl)c1. The number of halogens is 1. The van der Waals surface area contributed by atoms with Gasteiger partial charge in [0.1, 0.15) is 5.75 Å². The molecule has 4 nitrogen and oxygen atoms in total. The number of aryl methyl sites for hydroxylation is 2. The molecule has 27 heavy (non-hydrogen) atoms. The summed E-state index contributed by atoms with van der Waals surface area (Å²) >= 11 is 7.92. The van der Waals surface area contributed by atoms with Gasteiger partial charge in [-0.05, 0) is 38.5 Å². The van der Waals surface area contributed by atoms with E-state index in [0.717, 1.165) is 35.2 Å². The highest BCUT2D eigenvalue weighted by molar-refractivity contribution is 7.15. The molecule has 0 aliphatic heterocycles. The third-order valence-electron chi connectivity index (χ3n) is 4.38. The molecular weight excluding hydrogens is 378 g/mol. The van der Waals surface area contributed by atoms with Gasteiger partial charge >= 0.3 is 0 Å². The number of anilines is 1. The number of benzene rings is 1. The lowest BCUT2D eigenvalue weighted by molar-refractivity contribution is 0.304. The van der Waals surface area contributed by atoms with Gasteiger partial charge in [0.25, 0.3) is 0 Å². The molecule has 6 heteroatoms. The van der Waals surface area contributed by atoms with E-state index in [1.807, 2.05) is 32.0 Å². The third-order valence-corrected chi connectivity index (χ3v) is 5.69. The van der Waals surface area contributed by atoms with Gasteiger partial charge in [0.15, 0.2) is 0 Å². The van der Waals surface area contributed by atoms with Crippen LogP contribution >= 0.6 is 22.9 Å². The molecule has 0 fully saturated rings. The maximum absolute atomic E-state index is 6.34. The highest BCUT2D eigenvalue weighted by Crippen LogP contribution is 2.23. The minimum absolute atomic E-state index is 0.629. The number of ether oxygens (including phenoxy) is 1. The highest BCUT2D eigenvalue weighted by Gasteiger charge is 2.03. The average molecular weight is 408 g/mol. The molecule has 1 heterocycles. The Morgan fingerprint density at radius 2 is 1.89 bits per heavy atom. The number of nitrogens with one attached hydrogen (secondary N) is 1. The number of hydrogen-bond donors (Lipinski definition) is 1. The summed E-state index contributed by atoms with van der Waals surface area (Å²) in [4.78, 5) is 5.58. The molecule has 1 N–H and O–H groups in total. The Morgan fingerprint density at radius 3 is 2.56 bits per heavy atom. The van der Waals surface area contributed by atoms with E-state index in [1.54, 1.807) is 17.6 Å². The Bertz CT molecular complexity index is 711. The van der Waals surface area contributed by atoms with Crippen molar-refractivity contribution in [3.8, 4) is 5.75 Å². The van der Waals surface area contributed by atoms with Crippen LogP contribution in [0.5, 0.6) is 5.75 Å². The molecule has 0 unspecified atom stereocenters. The normalized spacial score (nSPS) is 11.3. The van der Waals surface area contributed by atoms with Gasteiger partial charge in [-0.15, -0.1) is 11.3 Å². The molecule has 1 aromatic carbocycles. The second-order valence-electron chi connectivity index (χ2n) is 6.68. The van der Waals surface area contributed by atoms with Crippen molar-refractivity contribution in [2.75, 3.05) is 12.0 Å². The fourth-order valence-corrected chi connectivity index (χ4v) is 3.61. The first kappa shape index (κ1) is 21.7. The summed E-state index contributed by atoms with van der Waals surface area (Å²) < 4.78 is 5.81. The van der Waals surface area contributed by atoms with E-state index in [0.29, 0.717) is 5.02 Å². The van der Waals surface area contributed by atoms with Crippen molar-refractivity contribution in [2.24, 2.45) is 5.10 Å². The lowest BCUT2D eigenvalue weighted by atomic mass is 10.1. The van der Waals surface area contributed by atoms with Crippen LogP contribution in [0.2, 0.25) is 5.02 Å². The van der Waals surface area contributed by atoms with E-state index in [4.69, 9.17) is 16.3 Å². The zero-order valence-electron chi connectivity index (χ0n) is 16.6. The zero-order valence-corrected chi connectivity index (χ0v) is 18.1. The largest absolute Gasteiger partial charge is 0.494 e. The molecule has 0 bridgehead atoms. The van der Waals surface area contributed by atoms with Gasteiger partial charge in [-0.25, -0.2) is 4.98 Å². The zero-order chi connectivity index (χ0) is 19.5. The van der Waals surface area contributed by atoms with Crippen LogP contribution in [0.1, 0.15) is 68.0 Å². The van der Waals surface area contributed by atoms with Crippen LogP contribution in [-0.2, 0) is 0 Å². The summed E-state index contributed by atoms with van der Waals surface area (Å²) in [6.45, 7) is 7.02. The van der Waals surface area contributed by atoms with E-state index in [-0.39, 0.29) is 0 Å². The highest BCUT2D eigenvalue weighted by atomic mass is 35.5. The van der Waals surface area contributed by atoms with Gasteiger partial charge in [0.2, 0.25) is 5.13 Å². The molecule has 0 atom stereocenters. The third kappa shape index (κ3) is 7.89. The molecule has 2 aromatic rings. The molecule has 0 radical (unpaired) electrons. The minimum Gasteiger partial charge on any atom is -0.494 e. The summed E-state index contributed by atoms with van der Waals surface area (Å²) in [5.74, 6) is 0.808. The van der Waals surface area contributed by atoms with E-state index < -0.39 is 0 Å². The van der Waals surface area contributed by atoms with Gasteiger partial charge in [-0.1, -0.05) is 57.0 Å². The molecule has 0 aliphatic carbocycles. The predicted octanol–water partition coefficient (Wildman–Crippen LogP) is 6.99. The molecule has 0 spiro atoms. The molecule has 0 aliphatic rings. The second kappa shape index (κ2) is 12.0. The smallest absolute Gasteiger partial charge is 0.203 e. The molecule has 0 amide bonds. The van der Waals surface area contributed by atoms with Crippen molar-refractivity contribution in [3.63, 3.8) is 0 Å². The van der Waals surface area contributed by atoms with Gasteiger partial charge in [0, 0.05) is 10.4 Å². The Kier molecular flexibility index (Phi) is 9.64. The molecular formula is C21H30ClN3OS. The first-order chi connectivity index (χ1) is 13.1. The number of hydrazone groups is 1.